The highest BCUT2D eigenvalue weighted by molar-refractivity contribution is 7.89. The van der Waals surface area contributed by atoms with Crippen molar-refractivity contribution in [1.82, 2.24) is 15.2 Å². The van der Waals surface area contributed by atoms with E-state index in [1.54, 1.807) is 0 Å². The summed E-state index contributed by atoms with van der Waals surface area (Å²) in [6.07, 6.45) is -1.43. The summed E-state index contributed by atoms with van der Waals surface area (Å²) in [4.78, 5) is 25.6. The van der Waals surface area contributed by atoms with Gasteiger partial charge in [0.15, 0.2) is 11.6 Å². The molecule has 2 amide bonds. The minimum atomic E-state index is -3.75. The molecule has 0 saturated carbocycles. The lowest BCUT2D eigenvalue weighted by molar-refractivity contribution is -0.119. The zero-order valence-electron chi connectivity index (χ0n) is 17.4. The van der Waals surface area contributed by atoms with E-state index >= 15 is 0 Å². The molecule has 0 bridgehead atoms. The van der Waals surface area contributed by atoms with Gasteiger partial charge in [0.1, 0.15) is 11.8 Å². The molecule has 1 aromatic rings. The quantitative estimate of drug-likeness (QED) is 0.473. The summed E-state index contributed by atoms with van der Waals surface area (Å²) in [7, 11) is -3.75. The molecule has 0 aliphatic carbocycles. The van der Waals surface area contributed by atoms with Crippen LogP contribution in [-0.4, -0.2) is 87.7 Å². The van der Waals surface area contributed by atoms with Crippen molar-refractivity contribution in [2.45, 2.75) is 13.0 Å². The molecule has 178 valence electrons. The van der Waals surface area contributed by atoms with Crippen LogP contribution in [0.3, 0.4) is 0 Å². The number of anilines is 2. The Morgan fingerprint density at radius 3 is 2.59 bits per heavy atom. The molecule has 0 spiro atoms. The molecule has 11 nitrogen and oxygen atoms in total. The lowest BCUT2D eigenvalue weighted by Gasteiger charge is -2.25. The van der Waals surface area contributed by atoms with E-state index in [-0.39, 0.29) is 56.6 Å². The fourth-order valence-electron chi connectivity index (χ4n) is 3.50. The summed E-state index contributed by atoms with van der Waals surface area (Å²) in [5.41, 5.74) is 2.32. The molecule has 2 fully saturated rings. The Bertz CT molecular complexity index is 956. The van der Waals surface area contributed by atoms with Gasteiger partial charge < -0.3 is 20.1 Å². The van der Waals surface area contributed by atoms with E-state index in [4.69, 9.17) is 9.84 Å². The van der Waals surface area contributed by atoms with Crippen molar-refractivity contribution in [3.05, 3.63) is 23.8 Å². The van der Waals surface area contributed by atoms with Crippen LogP contribution in [0.15, 0.2) is 12.1 Å². The minimum Gasteiger partial charge on any atom is -0.442 e. The Hall–Kier alpha value is -2.55. The van der Waals surface area contributed by atoms with Crippen LogP contribution < -0.4 is 20.5 Å². The molecule has 2 heterocycles. The predicted octanol–water partition coefficient (Wildman–Crippen LogP) is -0.625. The monoisotopic (exact) mass is 477 g/mol. The third-order valence-corrected chi connectivity index (χ3v) is 6.69. The first-order valence-electron chi connectivity index (χ1n) is 9.93. The summed E-state index contributed by atoms with van der Waals surface area (Å²) < 4.78 is 60.1. The molecule has 3 N–H and O–H groups in total. The van der Waals surface area contributed by atoms with Crippen molar-refractivity contribution >= 4 is 33.4 Å². The number of sulfonamides is 1. The molecule has 0 unspecified atom stereocenters. The Morgan fingerprint density at radius 2 is 1.97 bits per heavy atom. The van der Waals surface area contributed by atoms with Gasteiger partial charge >= 0.3 is 6.09 Å². The first-order chi connectivity index (χ1) is 15.1. The smallest absolute Gasteiger partial charge is 0.414 e. The summed E-state index contributed by atoms with van der Waals surface area (Å²) in [5, 5.41) is 11.4. The zero-order valence-corrected chi connectivity index (χ0v) is 18.2. The Labute approximate surface area is 183 Å². The Morgan fingerprint density at radius 1 is 1.28 bits per heavy atom. The van der Waals surface area contributed by atoms with Gasteiger partial charge in [-0.15, -0.1) is 4.41 Å². The summed E-state index contributed by atoms with van der Waals surface area (Å²) in [6.45, 7) is 1.04. The van der Waals surface area contributed by atoms with E-state index in [0.29, 0.717) is 0 Å². The number of rotatable bonds is 7. The molecule has 1 aromatic carbocycles. The minimum absolute atomic E-state index is 0.00932. The van der Waals surface area contributed by atoms with Crippen LogP contribution in [0.4, 0.5) is 25.0 Å². The van der Waals surface area contributed by atoms with E-state index in [1.807, 2.05) is 0 Å². The number of aliphatic hydroxyl groups is 1. The Balaban J connectivity index is 1.74. The van der Waals surface area contributed by atoms with Gasteiger partial charge in [-0.05, 0) is 0 Å². The number of carbonyl (C=O) groups excluding carboxylic acids is 2. The number of hydrogen-bond acceptors (Lipinski definition) is 8. The van der Waals surface area contributed by atoms with Gasteiger partial charge in [0.2, 0.25) is 15.9 Å². The second kappa shape index (κ2) is 9.94. The molecule has 0 aromatic heterocycles. The molecule has 2 saturated heterocycles. The number of amides is 2. The van der Waals surface area contributed by atoms with Gasteiger partial charge in [-0.2, -0.15) is 0 Å². The normalized spacial score (nSPS) is 20.2. The number of cyclic esters (lactones) is 1. The highest BCUT2D eigenvalue weighted by Crippen LogP contribution is 2.31. The largest absolute Gasteiger partial charge is 0.442 e. The van der Waals surface area contributed by atoms with E-state index in [9.17, 15) is 26.8 Å². The van der Waals surface area contributed by atoms with Crippen LogP contribution >= 0.6 is 0 Å². The molecular formula is C18H25F2N5O6S. The number of nitrogens with one attached hydrogen (secondary N) is 2. The average molecular weight is 477 g/mol. The number of hydrazine groups is 1. The Kier molecular flexibility index (Phi) is 7.48. The molecule has 3 rings (SSSR count). The zero-order chi connectivity index (χ0) is 23.5. The maximum Gasteiger partial charge on any atom is 0.414 e. The fourth-order valence-corrected chi connectivity index (χ4v) is 4.60. The SMILES string of the molecule is CC(=O)NC[C@H]1CN(c2cc(F)c(N3CCNN(S(=O)(=O)CCO)CC3)c(F)c2)C(=O)O1. The van der Waals surface area contributed by atoms with E-state index in [2.05, 4.69) is 10.7 Å². The average Bonchev–Trinajstić information content (AvgIpc) is 2.91. The van der Waals surface area contributed by atoms with Crippen molar-refractivity contribution in [3.8, 4) is 0 Å². The number of carbonyl (C=O) groups is 2. The number of aliphatic hydroxyl groups excluding tert-OH is 1. The van der Waals surface area contributed by atoms with Crippen molar-refractivity contribution in [2.75, 3.05) is 61.4 Å². The maximum atomic E-state index is 14.9. The molecular weight excluding hydrogens is 452 g/mol. The summed E-state index contributed by atoms with van der Waals surface area (Å²) in [6, 6.07) is 2.03. The van der Waals surface area contributed by atoms with Gasteiger partial charge in [0, 0.05) is 45.2 Å². The lowest BCUT2D eigenvalue weighted by atomic mass is 10.2. The topological polar surface area (TPSA) is 132 Å². The molecule has 2 aliphatic heterocycles. The number of benzene rings is 1. The van der Waals surface area contributed by atoms with Crippen molar-refractivity contribution in [2.24, 2.45) is 0 Å². The summed E-state index contributed by atoms with van der Waals surface area (Å²) in [5.74, 6) is -2.59. The van der Waals surface area contributed by atoms with Crippen LogP contribution in [0.1, 0.15) is 6.92 Å². The number of hydrogen-bond donors (Lipinski definition) is 3. The highest BCUT2D eigenvalue weighted by Gasteiger charge is 2.34. The maximum absolute atomic E-state index is 14.9. The van der Waals surface area contributed by atoms with Gasteiger partial charge in [-0.25, -0.2) is 27.4 Å². The van der Waals surface area contributed by atoms with Crippen molar-refractivity contribution in [1.29, 1.82) is 0 Å². The van der Waals surface area contributed by atoms with E-state index in [1.165, 1.54) is 11.8 Å². The van der Waals surface area contributed by atoms with Crippen molar-refractivity contribution in [3.63, 3.8) is 0 Å². The van der Waals surface area contributed by atoms with Gasteiger partial charge in [-0.3, -0.25) is 9.69 Å². The molecule has 14 heteroatoms. The van der Waals surface area contributed by atoms with Crippen LogP contribution in [0, 0.1) is 11.6 Å². The van der Waals surface area contributed by atoms with Gasteiger partial charge in [0.05, 0.1) is 31.1 Å². The second-order valence-corrected chi connectivity index (χ2v) is 9.33. The van der Waals surface area contributed by atoms with Crippen LogP contribution in [-0.2, 0) is 19.6 Å². The molecule has 2 aliphatic rings. The van der Waals surface area contributed by atoms with Gasteiger partial charge in [0.25, 0.3) is 0 Å². The standard InChI is InChI=1S/C18H25F2N5O6S/c1-12(27)21-10-14-11-24(18(28)31-14)13-8-15(19)17(16(20)9-13)23-3-2-22-25(5-4-23)32(29,30)7-6-26/h8-9,14,22,26H,2-7,10-11H2,1H3,(H,21,27)/t14-/m0/s1. The third-order valence-electron chi connectivity index (χ3n) is 5.01. The van der Waals surface area contributed by atoms with Gasteiger partial charge in [-0.1, -0.05) is 0 Å². The number of ether oxygens (including phenoxy) is 1. The first kappa shape index (κ1) is 24.1. The number of halogens is 2. The number of nitrogens with zero attached hydrogens (tertiary/aromatic N) is 3. The molecule has 1 atom stereocenters. The summed E-state index contributed by atoms with van der Waals surface area (Å²) >= 11 is 0. The third kappa shape index (κ3) is 5.43. The van der Waals surface area contributed by atoms with Crippen LogP contribution in [0.25, 0.3) is 0 Å². The van der Waals surface area contributed by atoms with Crippen LogP contribution in [0.2, 0.25) is 0 Å². The van der Waals surface area contributed by atoms with E-state index in [0.717, 1.165) is 21.4 Å². The fraction of sp³-hybridized carbons (Fsp3) is 0.556. The molecule has 32 heavy (non-hydrogen) atoms. The second-order valence-electron chi connectivity index (χ2n) is 7.32. The molecule has 0 radical (unpaired) electrons. The highest BCUT2D eigenvalue weighted by atomic mass is 32.2. The predicted molar refractivity (Wildman–Crippen MR) is 110 cm³/mol. The lowest BCUT2D eigenvalue weighted by Crippen LogP contribution is -2.45. The van der Waals surface area contributed by atoms with Crippen molar-refractivity contribution < 1.29 is 36.6 Å². The van der Waals surface area contributed by atoms with E-state index < -0.39 is 46.2 Å². The first-order valence-corrected chi connectivity index (χ1v) is 11.5. The van der Waals surface area contributed by atoms with Crippen LogP contribution in [0.5, 0.6) is 0 Å².